The average Bonchev–Trinajstić information content (AvgIpc) is 2.74. The minimum Gasteiger partial charge on any atom is -0.497 e. The Balaban J connectivity index is 1.74. The molecule has 3 aliphatic heterocycles. The van der Waals surface area contributed by atoms with Gasteiger partial charge in [-0.05, 0) is 61.1 Å². The van der Waals surface area contributed by atoms with Gasteiger partial charge in [-0.25, -0.2) is 0 Å². The molecule has 3 fully saturated rings. The Bertz CT molecular complexity index is 872. The summed E-state index contributed by atoms with van der Waals surface area (Å²) in [6.45, 7) is 6.51. The Kier molecular flexibility index (Phi) is 5.15. The molecule has 3 aliphatic rings. The van der Waals surface area contributed by atoms with Crippen molar-refractivity contribution in [3.63, 3.8) is 0 Å². The molecule has 1 unspecified atom stereocenters. The number of piperidine rings is 3. The zero-order valence-electron chi connectivity index (χ0n) is 15.8. The number of methoxy groups -OCH3 is 1. The third-order valence-electron chi connectivity index (χ3n) is 6.14. The van der Waals surface area contributed by atoms with Gasteiger partial charge in [0.05, 0.1) is 18.7 Å². The molecule has 0 saturated carbocycles. The predicted octanol–water partition coefficient (Wildman–Crippen LogP) is 3.83. The second kappa shape index (κ2) is 7.72. The van der Waals surface area contributed by atoms with Crippen molar-refractivity contribution in [1.82, 2.24) is 9.88 Å². The number of hydrogen-bond donors (Lipinski definition) is 0. The predicted molar refractivity (Wildman–Crippen MR) is 108 cm³/mol. The quantitative estimate of drug-likeness (QED) is 0.578. The number of terminal acetylenes is 1. The minimum absolute atomic E-state index is 0.0766. The van der Waals surface area contributed by atoms with Crippen LogP contribution in [-0.2, 0) is 4.74 Å². The van der Waals surface area contributed by atoms with Crippen LogP contribution in [0.1, 0.15) is 24.5 Å². The van der Waals surface area contributed by atoms with Crippen molar-refractivity contribution in [2.45, 2.75) is 25.0 Å². The van der Waals surface area contributed by atoms with E-state index in [2.05, 4.69) is 34.5 Å². The SMILES string of the molecule is C#CCO[C@H](c1ccnc2ccc(OC)cc12)[C@@H]1C[C@@H]2CCN1C[C@@H]2C=C. The lowest BCUT2D eigenvalue weighted by molar-refractivity contribution is -0.0673. The maximum atomic E-state index is 6.25. The number of aromatic nitrogens is 1. The van der Waals surface area contributed by atoms with Crippen molar-refractivity contribution in [1.29, 1.82) is 0 Å². The number of hydrogen-bond acceptors (Lipinski definition) is 4. The molecule has 5 atom stereocenters. The topological polar surface area (TPSA) is 34.6 Å². The van der Waals surface area contributed by atoms with E-state index in [4.69, 9.17) is 15.9 Å². The van der Waals surface area contributed by atoms with Crippen LogP contribution in [0.25, 0.3) is 10.9 Å². The van der Waals surface area contributed by atoms with E-state index in [1.54, 1.807) is 7.11 Å². The van der Waals surface area contributed by atoms with Gasteiger partial charge in [0.2, 0.25) is 0 Å². The smallest absolute Gasteiger partial charge is 0.119 e. The molecule has 0 aliphatic carbocycles. The van der Waals surface area contributed by atoms with Gasteiger partial charge in [-0.3, -0.25) is 9.88 Å². The highest BCUT2D eigenvalue weighted by Gasteiger charge is 2.43. The number of nitrogens with zero attached hydrogens (tertiary/aromatic N) is 2. The highest BCUT2D eigenvalue weighted by molar-refractivity contribution is 5.84. The Morgan fingerprint density at radius 3 is 3.04 bits per heavy atom. The van der Waals surface area contributed by atoms with E-state index in [0.717, 1.165) is 41.7 Å². The molecule has 2 bridgehead atoms. The number of rotatable bonds is 6. The molecule has 4 nitrogen and oxygen atoms in total. The van der Waals surface area contributed by atoms with Crippen LogP contribution in [0.2, 0.25) is 0 Å². The van der Waals surface area contributed by atoms with Gasteiger partial charge in [-0.15, -0.1) is 13.0 Å². The second-order valence-electron chi connectivity index (χ2n) is 7.47. The summed E-state index contributed by atoms with van der Waals surface area (Å²) in [6, 6.07) is 8.38. The van der Waals surface area contributed by atoms with E-state index in [0.29, 0.717) is 24.5 Å². The average molecular weight is 362 g/mol. The Morgan fingerprint density at radius 1 is 1.44 bits per heavy atom. The molecule has 4 heterocycles. The summed E-state index contributed by atoms with van der Waals surface area (Å²) >= 11 is 0. The van der Waals surface area contributed by atoms with Crippen LogP contribution in [0, 0.1) is 24.2 Å². The maximum Gasteiger partial charge on any atom is 0.119 e. The number of fused-ring (bicyclic) bond motifs is 4. The molecule has 0 radical (unpaired) electrons. The van der Waals surface area contributed by atoms with Crippen molar-refractivity contribution in [2.75, 3.05) is 26.8 Å². The standard InChI is InChI=1S/C23H26N2O2/c1-4-12-27-23(22-13-17-9-11-25(22)15-16(17)5-2)19-8-10-24-21-7-6-18(26-3)14-20(19)21/h1,5-8,10,14,16-17,22-23H,2,9,11-13,15H2,3H3/t16-,17-,22-,23+/m0/s1. The summed E-state index contributed by atoms with van der Waals surface area (Å²) < 4.78 is 11.7. The molecule has 4 heteroatoms. The molecule has 2 aromatic rings. The van der Waals surface area contributed by atoms with E-state index in [1.165, 1.54) is 6.42 Å². The van der Waals surface area contributed by atoms with Gasteiger partial charge in [0.1, 0.15) is 12.4 Å². The first kappa shape index (κ1) is 18.0. The first-order valence-corrected chi connectivity index (χ1v) is 9.59. The van der Waals surface area contributed by atoms with Crippen LogP contribution in [-0.4, -0.2) is 42.7 Å². The van der Waals surface area contributed by atoms with E-state index < -0.39 is 0 Å². The molecule has 0 spiro atoms. The third-order valence-corrected chi connectivity index (χ3v) is 6.14. The monoisotopic (exact) mass is 362 g/mol. The van der Waals surface area contributed by atoms with Crippen molar-refractivity contribution in [2.24, 2.45) is 11.8 Å². The number of benzene rings is 1. The normalized spacial score (nSPS) is 27.9. The van der Waals surface area contributed by atoms with Crippen LogP contribution >= 0.6 is 0 Å². The minimum atomic E-state index is -0.0766. The van der Waals surface area contributed by atoms with Gasteiger partial charge < -0.3 is 9.47 Å². The van der Waals surface area contributed by atoms with Crippen molar-refractivity contribution in [3.8, 4) is 18.1 Å². The molecule has 0 amide bonds. The summed E-state index contributed by atoms with van der Waals surface area (Å²) in [5, 5.41) is 1.07. The van der Waals surface area contributed by atoms with Crippen molar-refractivity contribution < 1.29 is 9.47 Å². The molecule has 0 N–H and O–H groups in total. The summed E-state index contributed by atoms with van der Waals surface area (Å²) in [4.78, 5) is 7.08. The molecular formula is C23H26N2O2. The first-order chi connectivity index (χ1) is 13.2. The van der Waals surface area contributed by atoms with Gasteiger partial charge in [0.15, 0.2) is 0 Å². The summed E-state index contributed by atoms with van der Waals surface area (Å²) in [5.41, 5.74) is 2.09. The second-order valence-corrected chi connectivity index (χ2v) is 7.47. The van der Waals surface area contributed by atoms with Gasteiger partial charge in [0, 0.05) is 24.2 Å². The van der Waals surface area contributed by atoms with Crippen molar-refractivity contribution >= 4 is 10.9 Å². The Morgan fingerprint density at radius 2 is 2.33 bits per heavy atom. The van der Waals surface area contributed by atoms with Gasteiger partial charge in [-0.1, -0.05) is 12.0 Å². The largest absolute Gasteiger partial charge is 0.497 e. The van der Waals surface area contributed by atoms with E-state index in [-0.39, 0.29) is 6.10 Å². The van der Waals surface area contributed by atoms with E-state index in [1.807, 2.05) is 24.4 Å². The van der Waals surface area contributed by atoms with Crippen LogP contribution in [0.15, 0.2) is 43.1 Å². The molecule has 5 rings (SSSR count). The lowest BCUT2D eigenvalue weighted by Crippen LogP contribution is -2.55. The number of pyridine rings is 1. The first-order valence-electron chi connectivity index (χ1n) is 9.59. The summed E-state index contributed by atoms with van der Waals surface area (Å²) in [6.07, 6.45) is 11.8. The molecule has 27 heavy (non-hydrogen) atoms. The molecule has 140 valence electrons. The zero-order valence-corrected chi connectivity index (χ0v) is 15.8. The third kappa shape index (κ3) is 3.34. The Labute approximate surface area is 161 Å². The fraction of sp³-hybridized carbons (Fsp3) is 0.435. The molecule has 1 aromatic carbocycles. The van der Waals surface area contributed by atoms with Gasteiger partial charge >= 0.3 is 0 Å². The summed E-state index contributed by atoms with van der Waals surface area (Å²) in [7, 11) is 1.69. The van der Waals surface area contributed by atoms with Crippen LogP contribution in [0.5, 0.6) is 5.75 Å². The summed E-state index contributed by atoms with van der Waals surface area (Å²) in [5.74, 6) is 4.73. The maximum absolute atomic E-state index is 6.25. The lowest BCUT2D eigenvalue weighted by Gasteiger charge is -2.51. The fourth-order valence-corrected chi connectivity index (χ4v) is 4.76. The van der Waals surface area contributed by atoms with Gasteiger partial charge in [-0.2, -0.15) is 0 Å². The van der Waals surface area contributed by atoms with Gasteiger partial charge in [0.25, 0.3) is 0 Å². The zero-order chi connectivity index (χ0) is 18.8. The molecular weight excluding hydrogens is 336 g/mol. The van der Waals surface area contributed by atoms with Crippen LogP contribution in [0.3, 0.4) is 0 Å². The highest BCUT2D eigenvalue weighted by Crippen LogP contribution is 2.43. The van der Waals surface area contributed by atoms with Crippen LogP contribution in [0.4, 0.5) is 0 Å². The molecule has 3 saturated heterocycles. The number of ether oxygens (including phenoxy) is 2. The van der Waals surface area contributed by atoms with E-state index >= 15 is 0 Å². The van der Waals surface area contributed by atoms with Crippen LogP contribution < -0.4 is 4.74 Å². The highest BCUT2D eigenvalue weighted by atomic mass is 16.5. The van der Waals surface area contributed by atoms with E-state index in [9.17, 15) is 0 Å². The Hall–Kier alpha value is -2.35. The molecule has 1 aromatic heterocycles. The lowest BCUT2D eigenvalue weighted by atomic mass is 9.73. The fourth-order valence-electron chi connectivity index (χ4n) is 4.76. The van der Waals surface area contributed by atoms with Crippen molar-refractivity contribution in [3.05, 3.63) is 48.7 Å².